The van der Waals surface area contributed by atoms with Gasteiger partial charge in [0.05, 0.1) is 24.2 Å². The molecule has 0 spiro atoms. The standard InChI is InChI=1S/C25H20N4O3S3/c30-20(26-14-17-8-3-1-4-9-17)16-34-24-27-22-21(23(31)29(24)18-10-5-2-6-11-18)35-25(33)28(22)15-19-12-7-13-32-19/h1-13H,14-16H2,(H,26,30). The van der Waals surface area contributed by atoms with E-state index in [9.17, 15) is 9.59 Å². The van der Waals surface area contributed by atoms with Gasteiger partial charge < -0.3 is 9.73 Å². The number of thiazole rings is 1. The fourth-order valence-corrected chi connectivity index (χ4v) is 5.65. The SMILES string of the molecule is O=C(CSc1nc2c(sc(=S)n2Cc2ccco2)c(=O)n1-c1ccccc1)NCc1ccccc1. The van der Waals surface area contributed by atoms with Gasteiger partial charge in [-0.3, -0.25) is 18.7 Å². The Balaban J connectivity index is 1.49. The first kappa shape index (κ1) is 23.3. The number of hydrogen-bond donors (Lipinski definition) is 1. The molecule has 5 aromatic rings. The predicted octanol–water partition coefficient (Wildman–Crippen LogP) is 5.03. The minimum absolute atomic E-state index is 0.112. The molecule has 5 rings (SSSR count). The highest BCUT2D eigenvalue weighted by Crippen LogP contribution is 2.25. The number of nitrogens with one attached hydrogen (secondary N) is 1. The Morgan fingerprint density at radius 1 is 1.06 bits per heavy atom. The van der Waals surface area contributed by atoms with Crippen LogP contribution in [0.25, 0.3) is 16.0 Å². The third-order valence-corrected chi connectivity index (χ3v) is 7.60. The number of amides is 1. The minimum Gasteiger partial charge on any atom is -0.467 e. The zero-order chi connectivity index (χ0) is 24.2. The smallest absolute Gasteiger partial charge is 0.278 e. The van der Waals surface area contributed by atoms with Crippen LogP contribution >= 0.6 is 35.3 Å². The highest BCUT2D eigenvalue weighted by molar-refractivity contribution is 7.99. The molecule has 0 aliphatic carbocycles. The van der Waals surface area contributed by atoms with Crippen molar-refractivity contribution in [3.63, 3.8) is 0 Å². The predicted molar refractivity (Wildman–Crippen MR) is 141 cm³/mol. The number of carbonyl (C=O) groups excluding carboxylic acids is 1. The van der Waals surface area contributed by atoms with E-state index in [2.05, 4.69) is 5.32 Å². The topological polar surface area (TPSA) is 82.1 Å². The zero-order valence-electron chi connectivity index (χ0n) is 18.4. The minimum atomic E-state index is -0.220. The Kier molecular flexibility index (Phi) is 6.94. The Labute approximate surface area is 214 Å². The Morgan fingerprint density at radius 3 is 2.51 bits per heavy atom. The van der Waals surface area contributed by atoms with E-state index in [-0.39, 0.29) is 17.2 Å². The van der Waals surface area contributed by atoms with Crippen molar-refractivity contribution in [3.8, 4) is 5.69 Å². The summed E-state index contributed by atoms with van der Waals surface area (Å²) in [6.45, 7) is 0.806. The van der Waals surface area contributed by atoms with Crippen LogP contribution in [-0.2, 0) is 17.9 Å². The van der Waals surface area contributed by atoms with E-state index in [1.54, 1.807) is 21.5 Å². The van der Waals surface area contributed by atoms with E-state index in [0.29, 0.717) is 44.0 Å². The average molecular weight is 521 g/mol. The van der Waals surface area contributed by atoms with Crippen molar-refractivity contribution in [3.05, 3.63) is 105 Å². The molecule has 1 N–H and O–H groups in total. The second-order valence-electron chi connectivity index (χ2n) is 7.61. The lowest BCUT2D eigenvalue weighted by Gasteiger charge is -2.13. The molecule has 176 valence electrons. The maximum Gasteiger partial charge on any atom is 0.278 e. The van der Waals surface area contributed by atoms with Crippen LogP contribution in [0.4, 0.5) is 0 Å². The first-order valence-corrected chi connectivity index (χ1v) is 13.0. The monoisotopic (exact) mass is 520 g/mol. The molecular formula is C25H20N4O3S3. The molecule has 7 nitrogen and oxygen atoms in total. The summed E-state index contributed by atoms with van der Waals surface area (Å²) in [6.07, 6.45) is 1.60. The number of fused-ring (bicyclic) bond motifs is 1. The van der Waals surface area contributed by atoms with Crippen LogP contribution in [-0.4, -0.2) is 25.8 Å². The van der Waals surface area contributed by atoms with Crippen molar-refractivity contribution in [1.29, 1.82) is 0 Å². The van der Waals surface area contributed by atoms with Crippen LogP contribution in [0.1, 0.15) is 11.3 Å². The van der Waals surface area contributed by atoms with Gasteiger partial charge in [-0.05, 0) is 42.0 Å². The van der Waals surface area contributed by atoms with Crippen LogP contribution in [0, 0.1) is 3.95 Å². The number of carbonyl (C=O) groups is 1. The molecule has 0 unspecified atom stereocenters. The number of nitrogens with zero attached hydrogens (tertiary/aromatic N) is 3. The summed E-state index contributed by atoms with van der Waals surface area (Å²) in [5, 5.41) is 3.34. The normalized spacial score (nSPS) is 11.1. The van der Waals surface area contributed by atoms with Crippen LogP contribution in [0.2, 0.25) is 0 Å². The quantitative estimate of drug-likeness (QED) is 0.176. The largest absolute Gasteiger partial charge is 0.467 e. The Morgan fingerprint density at radius 2 is 1.80 bits per heavy atom. The van der Waals surface area contributed by atoms with E-state index in [0.717, 1.165) is 5.56 Å². The molecule has 1 amide bonds. The molecule has 0 saturated heterocycles. The fourth-order valence-electron chi connectivity index (χ4n) is 3.55. The fraction of sp³-hybridized carbons (Fsp3) is 0.120. The summed E-state index contributed by atoms with van der Waals surface area (Å²) in [5.74, 6) is 0.676. The lowest BCUT2D eigenvalue weighted by molar-refractivity contribution is -0.118. The van der Waals surface area contributed by atoms with Crippen molar-refractivity contribution < 1.29 is 9.21 Å². The van der Waals surface area contributed by atoms with Gasteiger partial charge in [-0.2, -0.15) is 0 Å². The Bertz CT molecular complexity index is 1570. The molecule has 2 aromatic carbocycles. The number of benzene rings is 2. The molecule has 3 heterocycles. The van der Waals surface area contributed by atoms with Gasteiger partial charge >= 0.3 is 0 Å². The molecular weight excluding hydrogens is 501 g/mol. The van der Waals surface area contributed by atoms with Gasteiger partial charge in [-0.1, -0.05) is 71.6 Å². The first-order chi connectivity index (χ1) is 17.1. The third kappa shape index (κ3) is 5.14. The van der Waals surface area contributed by atoms with Crippen molar-refractivity contribution in [2.45, 2.75) is 18.2 Å². The molecule has 0 bridgehead atoms. The molecule has 0 aliphatic rings. The van der Waals surface area contributed by atoms with Gasteiger partial charge in [0.25, 0.3) is 5.56 Å². The van der Waals surface area contributed by atoms with E-state index in [4.69, 9.17) is 21.6 Å². The molecule has 3 aromatic heterocycles. The average Bonchev–Trinajstić information content (AvgIpc) is 3.51. The number of para-hydroxylation sites is 1. The number of aromatic nitrogens is 3. The van der Waals surface area contributed by atoms with Crippen LogP contribution in [0.3, 0.4) is 0 Å². The van der Waals surface area contributed by atoms with E-state index >= 15 is 0 Å². The number of thioether (sulfide) groups is 1. The zero-order valence-corrected chi connectivity index (χ0v) is 20.9. The lowest BCUT2D eigenvalue weighted by atomic mass is 10.2. The van der Waals surface area contributed by atoms with Crippen molar-refractivity contribution >= 4 is 51.6 Å². The second kappa shape index (κ2) is 10.4. The number of hydrogen-bond acceptors (Lipinski definition) is 7. The summed E-state index contributed by atoms with van der Waals surface area (Å²) in [6, 6.07) is 22.6. The summed E-state index contributed by atoms with van der Waals surface area (Å²) in [5.41, 5.74) is 1.96. The summed E-state index contributed by atoms with van der Waals surface area (Å²) in [7, 11) is 0. The molecule has 35 heavy (non-hydrogen) atoms. The van der Waals surface area contributed by atoms with Gasteiger partial charge in [0.15, 0.2) is 14.8 Å². The van der Waals surface area contributed by atoms with E-state index in [1.165, 1.54) is 23.1 Å². The lowest BCUT2D eigenvalue weighted by Crippen LogP contribution is -2.26. The van der Waals surface area contributed by atoms with Crippen LogP contribution in [0.5, 0.6) is 0 Å². The number of furan rings is 1. The molecule has 0 fully saturated rings. The molecule has 0 saturated carbocycles. The molecule has 0 atom stereocenters. The maximum absolute atomic E-state index is 13.6. The highest BCUT2D eigenvalue weighted by Gasteiger charge is 2.19. The number of rotatable bonds is 8. The summed E-state index contributed by atoms with van der Waals surface area (Å²) in [4.78, 5) is 31.0. The maximum atomic E-state index is 13.6. The van der Waals surface area contributed by atoms with Gasteiger partial charge in [0.1, 0.15) is 10.5 Å². The summed E-state index contributed by atoms with van der Waals surface area (Å²) >= 11 is 8.00. The van der Waals surface area contributed by atoms with Gasteiger partial charge in [-0.15, -0.1) is 0 Å². The second-order valence-corrected chi connectivity index (χ2v) is 10.2. The van der Waals surface area contributed by atoms with Gasteiger partial charge in [0, 0.05) is 6.54 Å². The van der Waals surface area contributed by atoms with Crippen molar-refractivity contribution in [2.24, 2.45) is 0 Å². The van der Waals surface area contributed by atoms with Crippen LogP contribution < -0.4 is 10.9 Å². The molecule has 10 heteroatoms. The van der Waals surface area contributed by atoms with Crippen molar-refractivity contribution in [1.82, 2.24) is 19.4 Å². The van der Waals surface area contributed by atoms with Crippen LogP contribution in [0.15, 0.2) is 93.4 Å². The molecule has 0 aliphatic heterocycles. The third-order valence-electron chi connectivity index (χ3n) is 5.23. The van der Waals surface area contributed by atoms with Gasteiger partial charge in [-0.25, -0.2) is 4.98 Å². The van der Waals surface area contributed by atoms with Crippen molar-refractivity contribution in [2.75, 3.05) is 5.75 Å². The van der Waals surface area contributed by atoms with Gasteiger partial charge in [0.2, 0.25) is 5.91 Å². The van der Waals surface area contributed by atoms with E-state index in [1.807, 2.05) is 66.7 Å². The summed E-state index contributed by atoms with van der Waals surface area (Å²) < 4.78 is 9.80. The molecule has 0 radical (unpaired) electrons. The Hall–Kier alpha value is -3.47. The first-order valence-electron chi connectivity index (χ1n) is 10.8. The van der Waals surface area contributed by atoms with E-state index < -0.39 is 0 Å². The highest BCUT2D eigenvalue weighted by atomic mass is 32.2.